The van der Waals surface area contributed by atoms with Crippen LogP contribution in [-0.2, 0) is 10.0 Å². The number of nitrogens with zero attached hydrogens (tertiary/aromatic N) is 1. The lowest BCUT2D eigenvalue weighted by atomic mass is 9.73. The van der Waals surface area contributed by atoms with Crippen molar-refractivity contribution in [2.45, 2.75) is 45.4 Å². The molecule has 0 bridgehead atoms. The van der Waals surface area contributed by atoms with Gasteiger partial charge in [-0.25, -0.2) is 12.7 Å². The van der Waals surface area contributed by atoms with Crippen LogP contribution in [0.5, 0.6) is 0 Å². The minimum absolute atomic E-state index is 0.746. The fourth-order valence-electron chi connectivity index (χ4n) is 3.44. The lowest BCUT2D eigenvalue weighted by Gasteiger charge is -2.37. The van der Waals surface area contributed by atoms with E-state index in [9.17, 15) is 8.42 Å². The third kappa shape index (κ3) is 3.44. The summed E-state index contributed by atoms with van der Waals surface area (Å²) in [4.78, 5) is 0. The van der Waals surface area contributed by atoms with Crippen LogP contribution in [0.2, 0.25) is 0 Å². The van der Waals surface area contributed by atoms with Gasteiger partial charge in [0.25, 0.3) is 0 Å². The highest BCUT2D eigenvalue weighted by Crippen LogP contribution is 2.37. The first-order chi connectivity index (χ1) is 7.97. The Hall–Kier alpha value is -0.0900. The third-order valence-corrected chi connectivity index (χ3v) is 6.00. The summed E-state index contributed by atoms with van der Waals surface area (Å²) in [5.74, 6) is 2.55. The van der Waals surface area contributed by atoms with Gasteiger partial charge in [-0.2, -0.15) is 0 Å². The summed E-state index contributed by atoms with van der Waals surface area (Å²) in [5.41, 5.74) is 0. The van der Waals surface area contributed by atoms with E-state index in [4.69, 9.17) is 0 Å². The van der Waals surface area contributed by atoms with Gasteiger partial charge in [-0.15, -0.1) is 0 Å². The normalized spacial score (nSPS) is 33.8. The van der Waals surface area contributed by atoms with Crippen LogP contribution in [0.25, 0.3) is 0 Å². The lowest BCUT2D eigenvalue weighted by molar-refractivity contribution is 0.154. The Bertz CT molecular complexity index is 336. The van der Waals surface area contributed by atoms with Crippen LogP contribution in [0.3, 0.4) is 0 Å². The molecule has 1 aliphatic carbocycles. The van der Waals surface area contributed by atoms with E-state index < -0.39 is 10.0 Å². The molecule has 0 aromatic carbocycles. The van der Waals surface area contributed by atoms with Gasteiger partial charge in [-0.1, -0.05) is 19.8 Å². The summed E-state index contributed by atoms with van der Waals surface area (Å²) >= 11 is 0. The fourth-order valence-corrected chi connectivity index (χ4v) is 4.31. The maximum atomic E-state index is 11.4. The van der Waals surface area contributed by atoms with Gasteiger partial charge >= 0.3 is 0 Å². The summed E-state index contributed by atoms with van der Waals surface area (Å²) in [6.07, 6.45) is 8.96. The first kappa shape index (κ1) is 13.3. The molecule has 0 amide bonds. The van der Waals surface area contributed by atoms with Crippen LogP contribution in [-0.4, -0.2) is 32.1 Å². The van der Waals surface area contributed by atoms with Crippen molar-refractivity contribution in [3.63, 3.8) is 0 Å². The summed E-state index contributed by atoms with van der Waals surface area (Å²) in [7, 11) is -2.96. The molecule has 2 rings (SSSR count). The zero-order valence-electron chi connectivity index (χ0n) is 11.1. The Morgan fingerprint density at radius 3 is 1.82 bits per heavy atom. The maximum Gasteiger partial charge on any atom is 0.211 e. The summed E-state index contributed by atoms with van der Waals surface area (Å²) < 4.78 is 24.5. The number of piperidine rings is 1. The van der Waals surface area contributed by atoms with E-state index in [-0.39, 0.29) is 0 Å². The molecule has 0 aromatic rings. The van der Waals surface area contributed by atoms with Crippen LogP contribution >= 0.6 is 0 Å². The third-order valence-electron chi connectivity index (χ3n) is 4.69. The Kier molecular flexibility index (Phi) is 4.14. The second-order valence-electron chi connectivity index (χ2n) is 6.02. The van der Waals surface area contributed by atoms with Crippen LogP contribution < -0.4 is 0 Å². The van der Waals surface area contributed by atoms with Crippen molar-refractivity contribution in [1.29, 1.82) is 0 Å². The second kappa shape index (κ2) is 5.27. The summed E-state index contributed by atoms with van der Waals surface area (Å²) in [5, 5.41) is 0. The van der Waals surface area contributed by atoms with E-state index in [1.165, 1.54) is 31.9 Å². The van der Waals surface area contributed by atoms with Crippen molar-refractivity contribution in [2.24, 2.45) is 17.8 Å². The molecular weight excluding hydrogens is 234 g/mol. The van der Waals surface area contributed by atoms with Gasteiger partial charge < -0.3 is 0 Å². The van der Waals surface area contributed by atoms with E-state index in [0.29, 0.717) is 0 Å². The van der Waals surface area contributed by atoms with Crippen LogP contribution in [0.4, 0.5) is 0 Å². The van der Waals surface area contributed by atoms with Crippen molar-refractivity contribution in [3.8, 4) is 0 Å². The predicted molar refractivity (Wildman–Crippen MR) is 70.3 cm³/mol. The van der Waals surface area contributed by atoms with Gasteiger partial charge in [-0.3, -0.25) is 0 Å². The van der Waals surface area contributed by atoms with Crippen LogP contribution in [0.1, 0.15) is 45.4 Å². The van der Waals surface area contributed by atoms with Crippen molar-refractivity contribution in [3.05, 3.63) is 0 Å². The molecule has 17 heavy (non-hydrogen) atoms. The van der Waals surface area contributed by atoms with Gasteiger partial charge in [0, 0.05) is 13.1 Å². The first-order valence-corrected chi connectivity index (χ1v) is 8.77. The summed E-state index contributed by atoms with van der Waals surface area (Å²) in [6, 6.07) is 0. The first-order valence-electron chi connectivity index (χ1n) is 6.92. The molecule has 1 saturated carbocycles. The fraction of sp³-hybridized carbons (Fsp3) is 1.00. The van der Waals surface area contributed by atoms with Gasteiger partial charge in [0.15, 0.2) is 0 Å². The van der Waals surface area contributed by atoms with E-state index in [2.05, 4.69) is 6.92 Å². The second-order valence-corrected chi connectivity index (χ2v) is 8.00. The van der Waals surface area contributed by atoms with Crippen LogP contribution in [0.15, 0.2) is 0 Å². The van der Waals surface area contributed by atoms with Crippen molar-refractivity contribution >= 4 is 10.0 Å². The van der Waals surface area contributed by atoms with Crippen molar-refractivity contribution < 1.29 is 8.42 Å². The lowest BCUT2D eigenvalue weighted by Crippen LogP contribution is -2.39. The highest BCUT2D eigenvalue weighted by Gasteiger charge is 2.31. The Labute approximate surface area is 106 Å². The average molecular weight is 259 g/mol. The predicted octanol–water partition coefficient (Wildman–Crippen LogP) is 2.48. The Morgan fingerprint density at radius 1 is 0.882 bits per heavy atom. The molecule has 2 aliphatic rings. The van der Waals surface area contributed by atoms with Gasteiger partial charge in [0.1, 0.15) is 0 Å². The van der Waals surface area contributed by atoms with E-state index in [1.54, 1.807) is 4.31 Å². The highest BCUT2D eigenvalue weighted by molar-refractivity contribution is 7.88. The molecule has 0 aromatic heterocycles. The molecule has 0 atom stereocenters. The quantitative estimate of drug-likeness (QED) is 0.764. The Morgan fingerprint density at radius 2 is 1.35 bits per heavy atom. The molecule has 4 heteroatoms. The largest absolute Gasteiger partial charge is 0.213 e. The van der Waals surface area contributed by atoms with Crippen molar-refractivity contribution in [2.75, 3.05) is 19.3 Å². The number of sulfonamides is 1. The average Bonchev–Trinajstić information content (AvgIpc) is 2.29. The molecule has 3 nitrogen and oxygen atoms in total. The topological polar surface area (TPSA) is 37.4 Å². The number of hydrogen-bond acceptors (Lipinski definition) is 2. The summed E-state index contributed by atoms with van der Waals surface area (Å²) in [6.45, 7) is 3.84. The molecule has 1 saturated heterocycles. The van der Waals surface area contributed by atoms with Gasteiger partial charge in [0.05, 0.1) is 6.26 Å². The highest BCUT2D eigenvalue weighted by atomic mass is 32.2. The zero-order chi connectivity index (χ0) is 12.5. The molecule has 100 valence electrons. The monoisotopic (exact) mass is 259 g/mol. The van der Waals surface area contributed by atoms with E-state index in [0.717, 1.165) is 43.7 Å². The molecule has 0 radical (unpaired) electrons. The van der Waals surface area contributed by atoms with E-state index >= 15 is 0 Å². The molecule has 2 fully saturated rings. The molecule has 1 heterocycles. The van der Waals surface area contributed by atoms with Crippen molar-refractivity contribution in [1.82, 2.24) is 4.31 Å². The van der Waals surface area contributed by atoms with Gasteiger partial charge in [-0.05, 0) is 43.4 Å². The van der Waals surface area contributed by atoms with Crippen LogP contribution in [0, 0.1) is 17.8 Å². The Balaban J connectivity index is 1.83. The number of hydrogen-bond donors (Lipinski definition) is 0. The SMILES string of the molecule is CC1CCC(C2CCN(S(C)(=O)=O)CC2)CC1. The molecular formula is C13H25NO2S. The smallest absolute Gasteiger partial charge is 0.211 e. The molecule has 0 N–H and O–H groups in total. The molecule has 0 unspecified atom stereocenters. The standard InChI is InChI=1S/C13H25NO2S/c1-11-3-5-12(6-4-11)13-7-9-14(10-8-13)17(2,15)16/h11-13H,3-10H2,1-2H3. The number of rotatable bonds is 2. The minimum Gasteiger partial charge on any atom is -0.213 e. The van der Waals surface area contributed by atoms with E-state index in [1.807, 2.05) is 0 Å². The molecule has 1 aliphatic heterocycles. The zero-order valence-corrected chi connectivity index (χ0v) is 11.9. The minimum atomic E-state index is -2.96. The maximum absolute atomic E-state index is 11.4. The van der Waals surface area contributed by atoms with Gasteiger partial charge in [0.2, 0.25) is 10.0 Å². The molecule has 0 spiro atoms.